The van der Waals surface area contributed by atoms with Gasteiger partial charge in [-0.25, -0.2) is 4.98 Å². The molecule has 1 saturated heterocycles. The molecule has 3 heterocycles. The summed E-state index contributed by atoms with van der Waals surface area (Å²) in [5, 5.41) is 13.3. The van der Waals surface area contributed by atoms with Crippen molar-refractivity contribution in [3.05, 3.63) is 51.9 Å². The molecule has 1 aliphatic rings. The topological polar surface area (TPSA) is 119 Å². The van der Waals surface area contributed by atoms with Gasteiger partial charge in [0.1, 0.15) is 10.7 Å². The summed E-state index contributed by atoms with van der Waals surface area (Å²) in [6.07, 6.45) is 1.59. The standard InChI is InChI=1S/C15H14N4O5/c1-9-3-2-6-16-13(9)17-14(20)10-7-18(8-10)15(21)11-4-5-12(24-11)19(22)23/h2-6,10H,7-8H2,1H3,(H,16,17,20). The maximum Gasteiger partial charge on any atom is 0.433 e. The van der Waals surface area contributed by atoms with Crippen molar-refractivity contribution in [3.63, 3.8) is 0 Å². The molecule has 9 heteroatoms. The lowest BCUT2D eigenvalue weighted by molar-refractivity contribution is -0.402. The Bertz CT molecular complexity index is 810. The fourth-order valence-corrected chi connectivity index (χ4v) is 2.34. The van der Waals surface area contributed by atoms with Crippen LogP contribution in [-0.4, -0.2) is 39.7 Å². The average Bonchev–Trinajstić information content (AvgIpc) is 2.98. The molecule has 0 unspecified atom stereocenters. The molecule has 2 aromatic heterocycles. The average molecular weight is 330 g/mol. The first-order valence-corrected chi connectivity index (χ1v) is 7.21. The first kappa shape index (κ1) is 15.7. The molecule has 1 fully saturated rings. The second kappa shape index (κ2) is 6.11. The van der Waals surface area contributed by atoms with E-state index in [1.165, 1.54) is 11.0 Å². The molecule has 0 bridgehead atoms. The molecule has 0 spiro atoms. The first-order chi connectivity index (χ1) is 11.5. The molecule has 124 valence electrons. The van der Waals surface area contributed by atoms with Gasteiger partial charge in [-0.2, -0.15) is 0 Å². The van der Waals surface area contributed by atoms with Gasteiger partial charge in [0.15, 0.2) is 5.76 Å². The minimum Gasteiger partial charge on any atom is -0.395 e. The maximum absolute atomic E-state index is 12.1. The number of hydrogen-bond donors (Lipinski definition) is 1. The van der Waals surface area contributed by atoms with Gasteiger partial charge in [0.25, 0.3) is 5.91 Å². The van der Waals surface area contributed by atoms with Crippen molar-refractivity contribution >= 4 is 23.5 Å². The second-order valence-electron chi connectivity index (χ2n) is 5.46. The SMILES string of the molecule is Cc1cccnc1NC(=O)C1CN(C(=O)c2ccc([N+](=O)[O-])o2)C1. The van der Waals surface area contributed by atoms with Crippen LogP contribution in [0.25, 0.3) is 0 Å². The molecular weight excluding hydrogens is 316 g/mol. The van der Waals surface area contributed by atoms with Crippen LogP contribution in [0, 0.1) is 23.0 Å². The minimum absolute atomic E-state index is 0.110. The molecule has 1 aliphatic heterocycles. The fourth-order valence-electron chi connectivity index (χ4n) is 2.34. The number of aryl methyl sites for hydroxylation is 1. The number of furan rings is 1. The first-order valence-electron chi connectivity index (χ1n) is 7.21. The van der Waals surface area contributed by atoms with E-state index in [1.54, 1.807) is 12.3 Å². The molecule has 1 N–H and O–H groups in total. The summed E-state index contributed by atoms with van der Waals surface area (Å²) in [5.74, 6) is -1.14. The molecule has 0 saturated carbocycles. The van der Waals surface area contributed by atoms with E-state index >= 15 is 0 Å². The van der Waals surface area contributed by atoms with Gasteiger partial charge in [-0.15, -0.1) is 0 Å². The van der Waals surface area contributed by atoms with E-state index in [2.05, 4.69) is 10.3 Å². The van der Waals surface area contributed by atoms with Gasteiger partial charge in [-0.3, -0.25) is 19.7 Å². The molecule has 2 aromatic rings. The summed E-state index contributed by atoms with van der Waals surface area (Å²) in [5.41, 5.74) is 0.848. The van der Waals surface area contributed by atoms with Crippen LogP contribution in [0.15, 0.2) is 34.9 Å². The Kier molecular flexibility index (Phi) is 3.98. The van der Waals surface area contributed by atoms with Crippen LogP contribution in [0.5, 0.6) is 0 Å². The lowest BCUT2D eigenvalue weighted by Gasteiger charge is -2.37. The minimum atomic E-state index is -0.710. The van der Waals surface area contributed by atoms with Gasteiger partial charge in [-0.05, 0) is 24.6 Å². The summed E-state index contributed by atoms with van der Waals surface area (Å²) in [4.78, 5) is 39.6. The van der Waals surface area contributed by atoms with Crippen molar-refractivity contribution in [2.24, 2.45) is 5.92 Å². The molecule has 0 radical (unpaired) electrons. The predicted molar refractivity (Wildman–Crippen MR) is 82.4 cm³/mol. The molecule has 2 amide bonds. The number of hydrogen-bond acceptors (Lipinski definition) is 6. The Morgan fingerprint density at radius 1 is 1.38 bits per heavy atom. The van der Waals surface area contributed by atoms with Gasteiger partial charge in [0, 0.05) is 19.3 Å². The number of pyridine rings is 1. The number of nitrogens with one attached hydrogen (secondary N) is 1. The number of carbonyl (C=O) groups is 2. The number of nitrogens with zero attached hydrogens (tertiary/aromatic N) is 3. The summed E-state index contributed by atoms with van der Waals surface area (Å²) in [6, 6.07) is 5.99. The highest BCUT2D eigenvalue weighted by molar-refractivity contribution is 5.97. The summed E-state index contributed by atoms with van der Waals surface area (Å²) in [7, 11) is 0. The van der Waals surface area contributed by atoms with E-state index in [0.29, 0.717) is 5.82 Å². The molecule has 9 nitrogen and oxygen atoms in total. The Morgan fingerprint density at radius 3 is 2.75 bits per heavy atom. The van der Waals surface area contributed by atoms with Crippen LogP contribution < -0.4 is 5.32 Å². The predicted octanol–water partition coefficient (Wildman–Crippen LogP) is 1.60. The van der Waals surface area contributed by atoms with E-state index < -0.39 is 16.7 Å². The summed E-state index contributed by atoms with van der Waals surface area (Å²) >= 11 is 0. The highest BCUT2D eigenvalue weighted by Gasteiger charge is 2.37. The number of carbonyl (C=O) groups excluding carboxylic acids is 2. The van der Waals surface area contributed by atoms with Gasteiger partial charge in [-0.1, -0.05) is 6.07 Å². The fraction of sp³-hybridized carbons (Fsp3) is 0.267. The Balaban J connectivity index is 1.56. The maximum atomic E-state index is 12.1. The zero-order valence-corrected chi connectivity index (χ0v) is 12.8. The lowest BCUT2D eigenvalue weighted by Crippen LogP contribution is -2.54. The van der Waals surface area contributed by atoms with Crippen LogP contribution in [0.1, 0.15) is 16.1 Å². The van der Waals surface area contributed by atoms with Crippen LogP contribution in [-0.2, 0) is 4.79 Å². The van der Waals surface area contributed by atoms with E-state index in [-0.39, 0.29) is 30.7 Å². The number of aromatic nitrogens is 1. The largest absolute Gasteiger partial charge is 0.433 e. The molecule has 0 atom stereocenters. The molecule has 0 aliphatic carbocycles. The van der Waals surface area contributed by atoms with Gasteiger partial charge in [0.2, 0.25) is 5.91 Å². The summed E-state index contributed by atoms with van der Waals surface area (Å²) in [6.45, 7) is 2.29. The van der Waals surface area contributed by atoms with Gasteiger partial charge in [0.05, 0.1) is 12.0 Å². The third kappa shape index (κ3) is 2.96. The van der Waals surface area contributed by atoms with Crippen molar-refractivity contribution in [3.8, 4) is 0 Å². The highest BCUT2D eigenvalue weighted by Crippen LogP contribution is 2.23. The summed E-state index contributed by atoms with van der Waals surface area (Å²) < 4.78 is 4.87. The number of rotatable bonds is 4. The molecule has 24 heavy (non-hydrogen) atoms. The number of likely N-dealkylation sites (tertiary alicyclic amines) is 1. The van der Waals surface area contributed by atoms with Crippen molar-refractivity contribution < 1.29 is 18.9 Å². The van der Waals surface area contributed by atoms with Crippen LogP contribution >= 0.6 is 0 Å². The number of anilines is 1. The van der Waals surface area contributed by atoms with Crippen molar-refractivity contribution in [1.29, 1.82) is 0 Å². The zero-order chi connectivity index (χ0) is 17.3. The quantitative estimate of drug-likeness (QED) is 0.672. The number of amides is 2. The normalized spacial score (nSPS) is 14.1. The van der Waals surface area contributed by atoms with Crippen molar-refractivity contribution in [2.45, 2.75) is 6.92 Å². The Hall–Kier alpha value is -3.23. The van der Waals surface area contributed by atoms with Crippen LogP contribution in [0.4, 0.5) is 11.7 Å². The van der Waals surface area contributed by atoms with Crippen LogP contribution in [0.2, 0.25) is 0 Å². The molecule has 0 aromatic carbocycles. The lowest BCUT2D eigenvalue weighted by atomic mass is 9.98. The van der Waals surface area contributed by atoms with Crippen molar-refractivity contribution in [2.75, 3.05) is 18.4 Å². The van der Waals surface area contributed by atoms with Crippen molar-refractivity contribution in [1.82, 2.24) is 9.88 Å². The number of nitro groups is 1. The molecular formula is C15H14N4O5. The van der Waals surface area contributed by atoms with Gasteiger partial charge >= 0.3 is 5.88 Å². The monoisotopic (exact) mass is 330 g/mol. The van der Waals surface area contributed by atoms with E-state index in [9.17, 15) is 19.7 Å². The third-order valence-corrected chi connectivity index (χ3v) is 3.77. The molecule has 3 rings (SSSR count). The zero-order valence-electron chi connectivity index (χ0n) is 12.8. The smallest absolute Gasteiger partial charge is 0.395 e. The Morgan fingerprint density at radius 2 is 2.12 bits per heavy atom. The van der Waals surface area contributed by atoms with Gasteiger partial charge < -0.3 is 14.6 Å². The third-order valence-electron chi connectivity index (χ3n) is 3.77. The Labute approximate surface area is 136 Å². The van der Waals surface area contributed by atoms with E-state index in [1.807, 2.05) is 13.0 Å². The van der Waals surface area contributed by atoms with Crippen LogP contribution in [0.3, 0.4) is 0 Å². The van der Waals surface area contributed by atoms with E-state index in [4.69, 9.17) is 4.42 Å². The highest BCUT2D eigenvalue weighted by atomic mass is 16.6. The second-order valence-corrected chi connectivity index (χ2v) is 5.46. The van der Waals surface area contributed by atoms with E-state index in [0.717, 1.165) is 11.6 Å².